The van der Waals surface area contributed by atoms with Crippen molar-refractivity contribution in [3.8, 4) is 5.75 Å². The third-order valence-electron chi connectivity index (χ3n) is 4.04. The number of hydrogen-bond donors (Lipinski definition) is 1. The third kappa shape index (κ3) is 8.08. The maximum absolute atomic E-state index is 13.2. The highest BCUT2D eigenvalue weighted by molar-refractivity contribution is 5.28. The molecule has 0 bridgehead atoms. The average Bonchev–Trinajstić information content (AvgIpc) is 2.61. The Morgan fingerprint density at radius 1 is 1.04 bits per heavy atom. The topological polar surface area (TPSA) is 41.9 Å². The molecule has 0 aliphatic rings. The standard InChI is InChI=1S/C22H30FNO3/c1-22(2,3)27-16-20(25)15-24(13-17-8-10-19(23)11-9-17)14-18-6-5-7-21(12-18)26-4/h5-12,20,25H,13-16H2,1-4H3/t20-/m0/s1. The Hall–Kier alpha value is -1.95. The summed E-state index contributed by atoms with van der Waals surface area (Å²) in [5.41, 5.74) is 1.78. The molecule has 0 fully saturated rings. The average molecular weight is 375 g/mol. The van der Waals surface area contributed by atoms with Gasteiger partial charge in [-0.25, -0.2) is 4.39 Å². The largest absolute Gasteiger partial charge is 0.497 e. The highest BCUT2D eigenvalue weighted by Gasteiger charge is 2.17. The molecule has 0 aliphatic carbocycles. The van der Waals surface area contributed by atoms with Crippen LogP contribution in [0.15, 0.2) is 48.5 Å². The molecule has 0 spiro atoms. The van der Waals surface area contributed by atoms with Crippen LogP contribution in [0.25, 0.3) is 0 Å². The van der Waals surface area contributed by atoms with Crippen LogP contribution in [-0.2, 0) is 17.8 Å². The van der Waals surface area contributed by atoms with E-state index >= 15 is 0 Å². The summed E-state index contributed by atoms with van der Waals surface area (Å²) in [4.78, 5) is 2.12. The second kappa shape index (κ2) is 9.83. The fourth-order valence-corrected chi connectivity index (χ4v) is 2.76. The molecule has 0 radical (unpaired) electrons. The van der Waals surface area contributed by atoms with Crippen LogP contribution in [0, 0.1) is 5.82 Å². The summed E-state index contributed by atoms with van der Waals surface area (Å²) >= 11 is 0. The van der Waals surface area contributed by atoms with Crippen molar-refractivity contribution in [2.45, 2.75) is 45.6 Å². The van der Waals surface area contributed by atoms with Gasteiger partial charge in [-0.3, -0.25) is 4.90 Å². The first-order valence-corrected chi connectivity index (χ1v) is 9.17. The maximum Gasteiger partial charge on any atom is 0.123 e. The Morgan fingerprint density at radius 3 is 2.33 bits per heavy atom. The number of hydrogen-bond acceptors (Lipinski definition) is 4. The van der Waals surface area contributed by atoms with Crippen LogP contribution in [0.2, 0.25) is 0 Å². The van der Waals surface area contributed by atoms with Crippen molar-refractivity contribution in [2.24, 2.45) is 0 Å². The van der Waals surface area contributed by atoms with Crippen LogP contribution in [0.1, 0.15) is 31.9 Å². The molecular formula is C22H30FNO3. The molecule has 4 nitrogen and oxygen atoms in total. The van der Waals surface area contributed by atoms with Gasteiger partial charge >= 0.3 is 0 Å². The van der Waals surface area contributed by atoms with E-state index in [4.69, 9.17) is 9.47 Å². The highest BCUT2D eigenvalue weighted by Crippen LogP contribution is 2.17. The smallest absolute Gasteiger partial charge is 0.123 e. The van der Waals surface area contributed by atoms with E-state index in [1.165, 1.54) is 12.1 Å². The summed E-state index contributed by atoms with van der Waals surface area (Å²) in [6, 6.07) is 14.3. The van der Waals surface area contributed by atoms with E-state index in [9.17, 15) is 9.50 Å². The van der Waals surface area contributed by atoms with Crippen LogP contribution < -0.4 is 4.74 Å². The molecule has 5 heteroatoms. The number of benzene rings is 2. The van der Waals surface area contributed by atoms with Gasteiger partial charge in [-0.1, -0.05) is 24.3 Å². The van der Waals surface area contributed by atoms with Crippen molar-refractivity contribution in [3.63, 3.8) is 0 Å². The molecule has 0 aliphatic heterocycles. The highest BCUT2D eigenvalue weighted by atomic mass is 19.1. The minimum absolute atomic E-state index is 0.253. The zero-order valence-electron chi connectivity index (χ0n) is 16.6. The lowest BCUT2D eigenvalue weighted by atomic mass is 10.1. The lowest BCUT2D eigenvalue weighted by Crippen LogP contribution is -2.36. The van der Waals surface area contributed by atoms with Crippen LogP contribution in [0.3, 0.4) is 0 Å². The van der Waals surface area contributed by atoms with Gasteiger partial charge in [0.1, 0.15) is 11.6 Å². The number of nitrogens with zero attached hydrogens (tertiary/aromatic N) is 1. The zero-order valence-corrected chi connectivity index (χ0v) is 16.6. The molecule has 0 aromatic heterocycles. The summed E-state index contributed by atoms with van der Waals surface area (Å²) in [6.07, 6.45) is -0.615. The van der Waals surface area contributed by atoms with Crippen molar-refractivity contribution in [3.05, 3.63) is 65.5 Å². The van der Waals surface area contributed by atoms with E-state index in [2.05, 4.69) is 4.90 Å². The van der Waals surface area contributed by atoms with Crippen molar-refractivity contribution >= 4 is 0 Å². The molecule has 0 amide bonds. The molecule has 1 atom stereocenters. The molecule has 2 rings (SSSR count). The molecule has 2 aromatic rings. The second-order valence-electron chi connectivity index (χ2n) is 7.72. The first-order chi connectivity index (χ1) is 12.7. The first-order valence-electron chi connectivity index (χ1n) is 9.17. The Bertz CT molecular complexity index is 697. The molecule has 1 N–H and O–H groups in total. The van der Waals surface area contributed by atoms with E-state index in [0.29, 0.717) is 19.6 Å². The summed E-state index contributed by atoms with van der Waals surface area (Å²) in [5, 5.41) is 10.4. The van der Waals surface area contributed by atoms with E-state index in [1.54, 1.807) is 19.2 Å². The Morgan fingerprint density at radius 2 is 1.70 bits per heavy atom. The van der Waals surface area contributed by atoms with E-state index in [-0.39, 0.29) is 18.0 Å². The van der Waals surface area contributed by atoms with Crippen LogP contribution in [0.5, 0.6) is 5.75 Å². The minimum Gasteiger partial charge on any atom is -0.497 e. The fourth-order valence-electron chi connectivity index (χ4n) is 2.76. The molecule has 2 aromatic carbocycles. The SMILES string of the molecule is COc1cccc(CN(Cc2ccc(F)cc2)C[C@H](O)COC(C)(C)C)c1. The Labute approximate surface area is 161 Å². The van der Waals surface area contributed by atoms with Crippen molar-refractivity contribution < 1.29 is 19.0 Å². The number of aliphatic hydroxyl groups is 1. The van der Waals surface area contributed by atoms with Gasteiger partial charge in [-0.15, -0.1) is 0 Å². The predicted molar refractivity (Wildman–Crippen MR) is 105 cm³/mol. The Balaban J connectivity index is 2.07. The lowest BCUT2D eigenvalue weighted by molar-refractivity contribution is -0.0572. The molecule has 0 unspecified atom stereocenters. The summed E-state index contributed by atoms with van der Waals surface area (Å²) in [5.74, 6) is 0.544. The third-order valence-corrected chi connectivity index (χ3v) is 4.04. The van der Waals surface area contributed by atoms with Gasteiger partial charge in [-0.2, -0.15) is 0 Å². The van der Waals surface area contributed by atoms with Gasteiger partial charge < -0.3 is 14.6 Å². The fraction of sp³-hybridized carbons (Fsp3) is 0.455. The van der Waals surface area contributed by atoms with Gasteiger partial charge in [0.25, 0.3) is 0 Å². The number of methoxy groups -OCH3 is 1. The molecule has 0 saturated heterocycles. The number of ether oxygens (including phenoxy) is 2. The van der Waals surface area contributed by atoms with Gasteiger partial charge in [-0.05, 0) is 56.2 Å². The quantitative estimate of drug-likeness (QED) is 0.719. The van der Waals surface area contributed by atoms with Crippen molar-refractivity contribution in [1.29, 1.82) is 0 Å². The molecule has 0 heterocycles. The number of rotatable bonds is 9. The molecular weight excluding hydrogens is 345 g/mol. The lowest BCUT2D eigenvalue weighted by Gasteiger charge is -2.27. The number of halogens is 1. The van der Waals surface area contributed by atoms with Crippen LogP contribution in [-0.4, -0.2) is 42.0 Å². The van der Waals surface area contributed by atoms with Crippen molar-refractivity contribution in [2.75, 3.05) is 20.3 Å². The molecule has 148 valence electrons. The van der Waals surface area contributed by atoms with E-state index in [1.807, 2.05) is 45.0 Å². The summed E-state index contributed by atoms with van der Waals surface area (Å²) in [6.45, 7) is 7.85. The molecule has 0 saturated carbocycles. The monoisotopic (exact) mass is 375 g/mol. The maximum atomic E-state index is 13.2. The van der Waals surface area contributed by atoms with Gasteiger partial charge in [0.15, 0.2) is 0 Å². The van der Waals surface area contributed by atoms with Crippen LogP contribution >= 0.6 is 0 Å². The normalized spacial score (nSPS) is 13.0. The van der Waals surface area contributed by atoms with E-state index in [0.717, 1.165) is 16.9 Å². The summed E-state index contributed by atoms with van der Waals surface area (Å²) in [7, 11) is 1.64. The van der Waals surface area contributed by atoms with Crippen LogP contribution in [0.4, 0.5) is 4.39 Å². The van der Waals surface area contributed by atoms with Crippen molar-refractivity contribution in [1.82, 2.24) is 4.90 Å². The Kier molecular flexibility index (Phi) is 7.78. The second-order valence-corrected chi connectivity index (χ2v) is 7.72. The minimum atomic E-state index is -0.615. The van der Waals surface area contributed by atoms with Gasteiger partial charge in [0.2, 0.25) is 0 Å². The van der Waals surface area contributed by atoms with Gasteiger partial charge in [0, 0.05) is 19.6 Å². The van der Waals surface area contributed by atoms with Gasteiger partial charge in [0.05, 0.1) is 25.4 Å². The predicted octanol–water partition coefficient (Wildman–Crippen LogP) is 4.01. The number of aliphatic hydroxyl groups excluding tert-OH is 1. The molecule has 27 heavy (non-hydrogen) atoms. The van der Waals surface area contributed by atoms with E-state index < -0.39 is 6.10 Å². The summed E-state index contributed by atoms with van der Waals surface area (Å²) < 4.78 is 24.2. The first kappa shape index (κ1) is 21.4. The zero-order chi connectivity index (χ0) is 19.9.